The summed E-state index contributed by atoms with van der Waals surface area (Å²) in [5, 5.41) is 9.22. The van der Waals surface area contributed by atoms with Gasteiger partial charge in [0, 0.05) is 12.1 Å². The lowest BCUT2D eigenvalue weighted by Gasteiger charge is -2.32. The number of rotatable bonds is 6. The maximum absolute atomic E-state index is 11.2. The summed E-state index contributed by atoms with van der Waals surface area (Å²) in [5.74, 6) is -1.16. The van der Waals surface area contributed by atoms with Gasteiger partial charge in [-0.2, -0.15) is 0 Å². The highest BCUT2D eigenvalue weighted by molar-refractivity contribution is 5.71. The fourth-order valence-electron chi connectivity index (χ4n) is 2.73. The molecule has 3 atom stereocenters. The molecule has 0 saturated carbocycles. The Bertz CT molecular complexity index is 435. The minimum Gasteiger partial charge on any atom is -0.481 e. The Morgan fingerprint density at radius 2 is 2.10 bits per heavy atom. The minimum atomic E-state index is -0.755. The van der Waals surface area contributed by atoms with Gasteiger partial charge in [-0.15, -0.1) is 0 Å². The monoisotopic (exact) mass is 277 g/mol. The third kappa shape index (κ3) is 3.58. The van der Waals surface area contributed by atoms with Gasteiger partial charge in [-0.25, -0.2) is 0 Å². The Labute approximate surface area is 120 Å². The van der Waals surface area contributed by atoms with Gasteiger partial charge < -0.3 is 9.84 Å². The third-order valence-corrected chi connectivity index (χ3v) is 4.28. The predicted octanol–water partition coefficient (Wildman–Crippen LogP) is 2.04. The van der Waals surface area contributed by atoms with Crippen molar-refractivity contribution < 1.29 is 14.6 Å². The number of hydrogen-bond donors (Lipinski definition) is 1. The molecular formula is C16H23NO3. The van der Waals surface area contributed by atoms with Crippen LogP contribution < -0.4 is 0 Å². The summed E-state index contributed by atoms with van der Waals surface area (Å²) >= 11 is 0. The van der Waals surface area contributed by atoms with Crippen molar-refractivity contribution >= 4 is 5.97 Å². The van der Waals surface area contributed by atoms with Crippen LogP contribution in [-0.4, -0.2) is 48.3 Å². The van der Waals surface area contributed by atoms with Gasteiger partial charge >= 0.3 is 5.97 Å². The summed E-state index contributed by atoms with van der Waals surface area (Å²) in [5.41, 5.74) is 1.32. The summed E-state index contributed by atoms with van der Waals surface area (Å²) < 4.78 is 5.34. The second kappa shape index (κ2) is 6.86. The van der Waals surface area contributed by atoms with Gasteiger partial charge in [0.2, 0.25) is 0 Å². The molecule has 4 nitrogen and oxygen atoms in total. The highest BCUT2D eigenvalue weighted by atomic mass is 16.5. The zero-order valence-corrected chi connectivity index (χ0v) is 12.2. The third-order valence-electron chi connectivity index (χ3n) is 4.28. The lowest BCUT2D eigenvalue weighted by atomic mass is 9.99. The molecule has 1 saturated heterocycles. The molecule has 1 aliphatic heterocycles. The van der Waals surface area contributed by atoms with E-state index < -0.39 is 11.9 Å². The highest BCUT2D eigenvalue weighted by Gasteiger charge is 2.37. The van der Waals surface area contributed by atoms with E-state index in [1.165, 1.54) is 5.56 Å². The molecule has 20 heavy (non-hydrogen) atoms. The molecule has 1 aromatic carbocycles. The minimum absolute atomic E-state index is 0.0155. The molecule has 0 aliphatic carbocycles. The SMILES string of the molecule is CC(CCc1ccccc1)N(C)C1COCC1C(=O)O. The van der Waals surface area contributed by atoms with E-state index in [4.69, 9.17) is 4.74 Å². The molecule has 4 heteroatoms. The Kier molecular flexibility index (Phi) is 5.15. The number of carbonyl (C=O) groups is 1. The molecule has 1 aromatic rings. The van der Waals surface area contributed by atoms with Crippen molar-refractivity contribution in [3.05, 3.63) is 35.9 Å². The van der Waals surface area contributed by atoms with E-state index in [9.17, 15) is 9.90 Å². The molecule has 2 rings (SSSR count). The van der Waals surface area contributed by atoms with Crippen molar-refractivity contribution in [3.8, 4) is 0 Å². The first-order valence-corrected chi connectivity index (χ1v) is 7.16. The number of carboxylic acids is 1. The Morgan fingerprint density at radius 3 is 2.75 bits per heavy atom. The average Bonchev–Trinajstić information content (AvgIpc) is 2.94. The van der Waals surface area contributed by atoms with Crippen molar-refractivity contribution in [1.82, 2.24) is 4.90 Å². The number of aliphatic carboxylic acids is 1. The molecule has 1 aliphatic rings. The van der Waals surface area contributed by atoms with Gasteiger partial charge in [0.25, 0.3) is 0 Å². The molecule has 1 heterocycles. The van der Waals surface area contributed by atoms with E-state index in [0.717, 1.165) is 12.8 Å². The van der Waals surface area contributed by atoms with Crippen molar-refractivity contribution in [2.24, 2.45) is 5.92 Å². The molecule has 0 radical (unpaired) electrons. The van der Waals surface area contributed by atoms with Crippen LogP contribution in [0.25, 0.3) is 0 Å². The molecule has 0 amide bonds. The first kappa shape index (κ1) is 15.0. The van der Waals surface area contributed by atoms with Crippen molar-refractivity contribution in [2.45, 2.75) is 31.8 Å². The van der Waals surface area contributed by atoms with E-state index in [0.29, 0.717) is 19.3 Å². The lowest BCUT2D eigenvalue weighted by molar-refractivity contribution is -0.143. The number of ether oxygens (including phenoxy) is 1. The number of carboxylic acid groups (broad SMARTS) is 1. The van der Waals surface area contributed by atoms with E-state index in [-0.39, 0.29) is 6.04 Å². The first-order chi connectivity index (χ1) is 9.59. The van der Waals surface area contributed by atoms with Gasteiger partial charge in [0.15, 0.2) is 0 Å². The van der Waals surface area contributed by atoms with Gasteiger partial charge in [-0.1, -0.05) is 30.3 Å². The average molecular weight is 277 g/mol. The smallest absolute Gasteiger partial charge is 0.310 e. The van der Waals surface area contributed by atoms with E-state index in [1.807, 2.05) is 13.1 Å². The zero-order valence-electron chi connectivity index (χ0n) is 12.2. The van der Waals surface area contributed by atoms with Crippen LogP contribution in [0, 0.1) is 5.92 Å². The number of likely N-dealkylation sites (N-methyl/N-ethyl adjacent to an activating group) is 1. The number of hydrogen-bond acceptors (Lipinski definition) is 3. The summed E-state index contributed by atoms with van der Waals surface area (Å²) in [6, 6.07) is 10.7. The van der Waals surface area contributed by atoms with E-state index in [2.05, 4.69) is 36.1 Å². The van der Waals surface area contributed by atoms with Crippen LogP contribution in [0.1, 0.15) is 18.9 Å². The van der Waals surface area contributed by atoms with E-state index >= 15 is 0 Å². The van der Waals surface area contributed by atoms with Gasteiger partial charge in [0.1, 0.15) is 0 Å². The Hall–Kier alpha value is -1.39. The Balaban J connectivity index is 1.88. The second-order valence-corrected chi connectivity index (χ2v) is 5.59. The highest BCUT2D eigenvalue weighted by Crippen LogP contribution is 2.22. The standard InChI is InChI=1S/C16H23NO3/c1-12(8-9-13-6-4-3-5-7-13)17(2)15-11-20-10-14(15)16(18)19/h3-7,12,14-15H,8-11H2,1-2H3,(H,18,19). The van der Waals surface area contributed by atoms with Crippen LogP contribution in [0.5, 0.6) is 0 Å². The molecule has 0 aromatic heterocycles. The maximum Gasteiger partial charge on any atom is 0.310 e. The first-order valence-electron chi connectivity index (χ1n) is 7.16. The van der Waals surface area contributed by atoms with Crippen molar-refractivity contribution in [2.75, 3.05) is 20.3 Å². The normalized spacial score (nSPS) is 23.9. The molecule has 1 fully saturated rings. The topological polar surface area (TPSA) is 49.8 Å². The van der Waals surface area contributed by atoms with Gasteiger partial charge in [0.05, 0.1) is 19.1 Å². The predicted molar refractivity (Wildman–Crippen MR) is 77.7 cm³/mol. The summed E-state index contributed by atoms with van der Waals surface area (Å²) in [6.07, 6.45) is 2.03. The largest absolute Gasteiger partial charge is 0.481 e. The summed E-state index contributed by atoms with van der Waals surface area (Å²) in [7, 11) is 2.00. The molecule has 1 N–H and O–H groups in total. The zero-order chi connectivity index (χ0) is 14.5. The van der Waals surface area contributed by atoms with Crippen molar-refractivity contribution in [3.63, 3.8) is 0 Å². The maximum atomic E-state index is 11.2. The van der Waals surface area contributed by atoms with Crippen LogP contribution in [0.4, 0.5) is 0 Å². The summed E-state index contributed by atoms with van der Waals surface area (Å²) in [4.78, 5) is 13.4. The van der Waals surface area contributed by atoms with Gasteiger partial charge in [-0.3, -0.25) is 9.69 Å². The number of aryl methyl sites for hydroxylation is 1. The quantitative estimate of drug-likeness (QED) is 0.864. The van der Waals surface area contributed by atoms with Gasteiger partial charge in [-0.05, 0) is 32.4 Å². The molecule has 0 spiro atoms. The van der Waals surface area contributed by atoms with Crippen LogP contribution >= 0.6 is 0 Å². The number of benzene rings is 1. The fourth-order valence-corrected chi connectivity index (χ4v) is 2.73. The van der Waals surface area contributed by atoms with Crippen LogP contribution in [0.3, 0.4) is 0 Å². The Morgan fingerprint density at radius 1 is 1.40 bits per heavy atom. The fraction of sp³-hybridized carbons (Fsp3) is 0.562. The molecule has 0 bridgehead atoms. The van der Waals surface area contributed by atoms with Crippen LogP contribution in [0.2, 0.25) is 0 Å². The van der Waals surface area contributed by atoms with Crippen LogP contribution in [-0.2, 0) is 16.0 Å². The summed E-state index contributed by atoms with van der Waals surface area (Å²) in [6.45, 7) is 3.00. The lowest BCUT2D eigenvalue weighted by Crippen LogP contribution is -2.45. The molecule has 110 valence electrons. The second-order valence-electron chi connectivity index (χ2n) is 5.59. The van der Waals surface area contributed by atoms with Crippen molar-refractivity contribution in [1.29, 1.82) is 0 Å². The van der Waals surface area contributed by atoms with E-state index in [1.54, 1.807) is 0 Å². The van der Waals surface area contributed by atoms with Crippen LogP contribution in [0.15, 0.2) is 30.3 Å². The molecular weight excluding hydrogens is 254 g/mol. The molecule has 3 unspecified atom stereocenters. The number of nitrogens with zero attached hydrogens (tertiary/aromatic N) is 1.